The number of aryl methyl sites for hydroxylation is 2. The van der Waals surface area contributed by atoms with E-state index in [1.165, 1.54) is 18.2 Å². The molecule has 202 valence electrons. The van der Waals surface area contributed by atoms with Gasteiger partial charge in [0.25, 0.3) is 5.69 Å². The van der Waals surface area contributed by atoms with Crippen molar-refractivity contribution in [2.75, 3.05) is 26.4 Å². The van der Waals surface area contributed by atoms with E-state index in [1.807, 2.05) is 20.8 Å². The van der Waals surface area contributed by atoms with Crippen LogP contribution in [0.2, 0.25) is 11.1 Å². The molecule has 0 aliphatic carbocycles. The highest BCUT2D eigenvalue weighted by atomic mass is 35.5. The number of non-ortho nitro benzene ring substituents is 1. The first kappa shape index (κ1) is 30.3. The van der Waals surface area contributed by atoms with E-state index in [0.717, 1.165) is 5.56 Å². The van der Waals surface area contributed by atoms with Crippen molar-refractivity contribution in [3.05, 3.63) is 56.6 Å². The first-order valence-electron chi connectivity index (χ1n) is 12.0. The standard InChI is InChI=1S/C24H33ClN4O7Si/c1-6-33-37(34-7-2,35-8-3)13-9-12-26-24(30)36-23-15-17(4)22(14-18(23)5)28-27-21-11-10-19(29(31)32)16-20(21)25/h10-11,14-16H,6-9,12-13H2,1-5H3,(H,26,30). The summed E-state index contributed by atoms with van der Waals surface area (Å²) in [5, 5.41) is 22.0. The van der Waals surface area contributed by atoms with Gasteiger partial charge in [-0.05, 0) is 70.4 Å². The number of halogens is 1. The molecule has 0 unspecified atom stereocenters. The summed E-state index contributed by atoms with van der Waals surface area (Å²) in [7, 11) is -2.76. The predicted octanol–water partition coefficient (Wildman–Crippen LogP) is 6.81. The second-order valence-corrected chi connectivity index (χ2v) is 11.0. The number of carbonyl (C=O) groups is 1. The molecule has 0 aliphatic rings. The van der Waals surface area contributed by atoms with Crippen LogP contribution in [0.3, 0.4) is 0 Å². The van der Waals surface area contributed by atoms with E-state index in [4.69, 9.17) is 29.6 Å². The number of nitrogens with one attached hydrogen (secondary N) is 1. The number of benzene rings is 2. The lowest BCUT2D eigenvalue weighted by Crippen LogP contribution is -2.46. The summed E-state index contributed by atoms with van der Waals surface area (Å²) in [4.78, 5) is 22.7. The van der Waals surface area contributed by atoms with Gasteiger partial charge >= 0.3 is 14.9 Å². The Labute approximate surface area is 222 Å². The topological polar surface area (TPSA) is 134 Å². The molecule has 0 spiro atoms. The molecule has 1 amide bonds. The molecule has 0 aliphatic heterocycles. The van der Waals surface area contributed by atoms with Gasteiger partial charge in [-0.25, -0.2) is 4.79 Å². The van der Waals surface area contributed by atoms with E-state index in [0.29, 0.717) is 61.5 Å². The Morgan fingerprint density at radius 2 is 1.62 bits per heavy atom. The Hall–Kier alpha value is -2.90. The Bertz CT molecular complexity index is 1100. The minimum atomic E-state index is -2.76. The summed E-state index contributed by atoms with van der Waals surface area (Å²) in [5.74, 6) is 0.393. The highest BCUT2D eigenvalue weighted by Crippen LogP contribution is 2.33. The van der Waals surface area contributed by atoms with E-state index in [9.17, 15) is 14.9 Å². The van der Waals surface area contributed by atoms with Crippen LogP contribution in [0.15, 0.2) is 40.6 Å². The molecule has 11 nitrogen and oxygen atoms in total. The van der Waals surface area contributed by atoms with Crippen molar-refractivity contribution < 1.29 is 27.7 Å². The molecule has 0 fully saturated rings. The Balaban J connectivity index is 1.98. The zero-order chi connectivity index (χ0) is 27.4. The molecule has 2 aromatic carbocycles. The number of nitro groups is 1. The highest BCUT2D eigenvalue weighted by molar-refractivity contribution is 6.60. The molecule has 37 heavy (non-hydrogen) atoms. The van der Waals surface area contributed by atoms with Gasteiger partial charge in [-0.3, -0.25) is 10.1 Å². The molecular weight excluding hydrogens is 520 g/mol. The second-order valence-electron chi connectivity index (χ2n) is 7.90. The van der Waals surface area contributed by atoms with Crippen LogP contribution in [-0.2, 0) is 13.3 Å². The van der Waals surface area contributed by atoms with E-state index < -0.39 is 19.8 Å². The van der Waals surface area contributed by atoms with Crippen molar-refractivity contribution in [1.29, 1.82) is 0 Å². The summed E-state index contributed by atoms with van der Waals surface area (Å²) in [6.45, 7) is 11.2. The van der Waals surface area contributed by atoms with Crippen LogP contribution < -0.4 is 10.1 Å². The monoisotopic (exact) mass is 552 g/mol. The van der Waals surface area contributed by atoms with E-state index in [2.05, 4.69) is 15.5 Å². The fourth-order valence-electron chi connectivity index (χ4n) is 3.42. The molecule has 0 heterocycles. The van der Waals surface area contributed by atoms with Gasteiger partial charge in [-0.15, -0.1) is 5.11 Å². The average Bonchev–Trinajstić information content (AvgIpc) is 2.84. The number of nitro benzene ring substituents is 1. The summed E-state index contributed by atoms with van der Waals surface area (Å²) >= 11 is 6.08. The summed E-state index contributed by atoms with van der Waals surface area (Å²) in [6.07, 6.45) is 0.0372. The second kappa shape index (κ2) is 14.7. The lowest BCUT2D eigenvalue weighted by Gasteiger charge is -2.28. The average molecular weight is 553 g/mol. The molecule has 2 aromatic rings. The molecule has 1 N–H and O–H groups in total. The molecule has 0 saturated carbocycles. The number of carbonyl (C=O) groups excluding carboxylic acids is 1. The van der Waals surface area contributed by atoms with Crippen LogP contribution in [0.1, 0.15) is 38.3 Å². The number of nitrogens with zero attached hydrogens (tertiary/aromatic N) is 3. The first-order valence-corrected chi connectivity index (χ1v) is 14.3. The summed E-state index contributed by atoms with van der Waals surface area (Å²) < 4.78 is 22.9. The number of azo groups is 1. The molecule has 13 heteroatoms. The normalized spacial score (nSPS) is 11.6. The third-order valence-electron chi connectivity index (χ3n) is 5.13. The van der Waals surface area contributed by atoms with Crippen molar-refractivity contribution in [2.45, 2.75) is 47.1 Å². The number of ether oxygens (including phenoxy) is 1. The van der Waals surface area contributed by atoms with E-state index >= 15 is 0 Å². The third-order valence-corrected chi connectivity index (χ3v) is 8.58. The molecule has 2 rings (SSSR count). The number of hydrogen-bond donors (Lipinski definition) is 1. The quantitative estimate of drug-likeness (QED) is 0.0894. The van der Waals surface area contributed by atoms with Crippen LogP contribution >= 0.6 is 11.6 Å². The van der Waals surface area contributed by atoms with Crippen LogP contribution in [-0.4, -0.2) is 46.2 Å². The largest absolute Gasteiger partial charge is 0.500 e. The highest BCUT2D eigenvalue weighted by Gasteiger charge is 2.39. The SMILES string of the molecule is CCO[Si](CCCNC(=O)Oc1cc(C)c(N=Nc2ccc([N+](=O)[O-])cc2Cl)cc1C)(OCC)OCC. The zero-order valence-electron chi connectivity index (χ0n) is 21.7. The maximum absolute atomic E-state index is 12.4. The van der Waals surface area contributed by atoms with Gasteiger partial charge in [0.05, 0.1) is 15.6 Å². The molecule has 0 radical (unpaired) electrons. The van der Waals surface area contributed by atoms with Gasteiger partial charge < -0.3 is 23.3 Å². The van der Waals surface area contributed by atoms with Crippen LogP contribution in [0.5, 0.6) is 5.75 Å². The fourth-order valence-corrected chi connectivity index (χ4v) is 6.25. The Morgan fingerprint density at radius 1 is 1.00 bits per heavy atom. The number of rotatable bonds is 14. The van der Waals surface area contributed by atoms with Crippen molar-refractivity contribution >= 4 is 43.6 Å². The van der Waals surface area contributed by atoms with E-state index in [-0.39, 0.29) is 10.7 Å². The molecule has 0 saturated heterocycles. The smallest absolute Gasteiger partial charge is 0.410 e. The third kappa shape index (κ3) is 9.16. The van der Waals surface area contributed by atoms with Crippen molar-refractivity contribution in [1.82, 2.24) is 5.32 Å². The van der Waals surface area contributed by atoms with Gasteiger partial charge in [-0.1, -0.05) is 11.6 Å². The number of amides is 1. The minimum absolute atomic E-state index is 0.118. The molecule has 0 atom stereocenters. The molecular formula is C24H33ClN4O7Si. The van der Waals surface area contributed by atoms with Gasteiger partial charge in [0.1, 0.15) is 11.4 Å². The van der Waals surface area contributed by atoms with Gasteiger partial charge in [0, 0.05) is 44.5 Å². The van der Waals surface area contributed by atoms with Crippen molar-refractivity contribution in [3.63, 3.8) is 0 Å². The van der Waals surface area contributed by atoms with Gasteiger partial charge in [-0.2, -0.15) is 5.11 Å². The lowest BCUT2D eigenvalue weighted by atomic mass is 10.1. The van der Waals surface area contributed by atoms with Crippen molar-refractivity contribution in [3.8, 4) is 5.75 Å². The predicted molar refractivity (Wildman–Crippen MR) is 142 cm³/mol. The van der Waals surface area contributed by atoms with Crippen molar-refractivity contribution in [2.24, 2.45) is 10.2 Å². The lowest BCUT2D eigenvalue weighted by molar-refractivity contribution is -0.384. The maximum Gasteiger partial charge on any atom is 0.500 e. The van der Waals surface area contributed by atoms with Crippen LogP contribution in [0, 0.1) is 24.0 Å². The summed E-state index contributed by atoms with van der Waals surface area (Å²) in [5.41, 5.74) is 2.11. The van der Waals surface area contributed by atoms with Crippen LogP contribution in [0.4, 0.5) is 21.9 Å². The maximum atomic E-state index is 12.4. The minimum Gasteiger partial charge on any atom is -0.410 e. The number of hydrogen-bond acceptors (Lipinski definition) is 9. The zero-order valence-corrected chi connectivity index (χ0v) is 23.5. The van der Waals surface area contributed by atoms with E-state index in [1.54, 1.807) is 26.0 Å². The van der Waals surface area contributed by atoms with Crippen LogP contribution in [0.25, 0.3) is 0 Å². The molecule has 0 aromatic heterocycles. The van der Waals surface area contributed by atoms with Gasteiger partial charge in [0.2, 0.25) is 0 Å². The Kier molecular flexibility index (Phi) is 12.1. The van der Waals surface area contributed by atoms with Gasteiger partial charge in [0.15, 0.2) is 0 Å². The molecule has 0 bridgehead atoms. The fraction of sp³-hybridized carbons (Fsp3) is 0.458. The summed E-state index contributed by atoms with van der Waals surface area (Å²) in [6, 6.07) is 7.96. The Morgan fingerprint density at radius 3 is 2.19 bits per heavy atom. The first-order chi connectivity index (χ1) is 17.6.